The Hall–Kier alpha value is -1.03. The van der Waals surface area contributed by atoms with E-state index < -0.39 is 0 Å². The molecule has 0 radical (unpaired) electrons. The quantitative estimate of drug-likeness (QED) is 0.422. The number of hydrogen-bond acceptors (Lipinski definition) is 4. The SMILES string of the molecule is CC(=O)C(C(C)=O)=C1SC=CN1C(C)(C)C. The first-order valence-corrected chi connectivity index (χ1v) is 6.02. The van der Waals surface area contributed by atoms with Gasteiger partial charge in [0.25, 0.3) is 0 Å². The first-order chi connectivity index (χ1) is 7.25. The Morgan fingerprint density at radius 2 is 1.69 bits per heavy atom. The van der Waals surface area contributed by atoms with Crippen LogP contribution >= 0.6 is 11.8 Å². The number of Topliss-reactive ketones (excluding diaryl/α,β-unsaturated/α-hetero) is 2. The molecule has 0 aromatic rings. The highest BCUT2D eigenvalue weighted by atomic mass is 32.2. The van der Waals surface area contributed by atoms with Crippen molar-refractivity contribution in [1.29, 1.82) is 0 Å². The van der Waals surface area contributed by atoms with Crippen LogP contribution in [-0.4, -0.2) is 22.0 Å². The standard InChI is InChI=1S/C12H17NO2S/c1-8(14)10(9(2)15)11-13(6-7-16-11)12(3,4)5/h6-7H,1-5H3. The van der Waals surface area contributed by atoms with Gasteiger partial charge in [-0.3, -0.25) is 9.59 Å². The van der Waals surface area contributed by atoms with E-state index in [2.05, 4.69) is 0 Å². The van der Waals surface area contributed by atoms with Crippen LogP contribution in [0.25, 0.3) is 0 Å². The Balaban J connectivity index is 3.25. The molecule has 1 heterocycles. The number of nitrogens with zero attached hydrogens (tertiary/aromatic N) is 1. The van der Waals surface area contributed by atoms with Gasteiger partial charge in [-0.05, 0) is 40.0 Å². The zero-order chi connectivity index (χ0) is 12.5. The molecule has 1 rings (SSSR count). The number of hydrogen-bond donors (Lipinski definition) is 0. The topological polar surface area (TPSA) is 37.4 Å². The Labute approximate surface area is 101 Å². The van der Waals surface area contributed by atoms with E-state index in [9.17, 15) is 9.59 Å². The Morgan fingerprint density at radius 3 is 2.06 bits per heavy atom. The molecule has 0 amide bonds. The van der Waals surface area contributed by atoms with E-state index in [4.69, 9.17) is 0 Å². The molecule has 0 bridgehead atoms. The van der Waals surface area contributed by atoms with E-state index in [1.807, 2.05) is 37.3 Å². The summed E-state index contributed by atoms with van der Waals surface area (Å²) in [6.45, 7) is 9.00. The predicted molar refractivity (Wildman–Crippen MR) is 66.7 cm³/mol. The normalized spacial score (nSPS) is 15.6. The van der Waals surface area contributed by atoms with E-state index in [0.29, 0.717) is 5.57 Å². The molecule has 88 valence electrons. The van der Waals surface area contributed by atoms with Crippen molar-refractivity contribution in [3.63, 3.8) is 0 Å². The number of thioether (sulfide) groups is 1. The van der Waals surface area contributed by atoms with Gasteiger partial charge < -0.3 is 4.90 Å². The van der Waals surface area contributed by atoms with E-state index in [0.717, 1.165) is 5.03 Å². The summed E-state index contributed by atoms with van der Waals surface area (Å²) in [7, 11) is 0. The largest absolute Gasteiger partial charge is 0.336 e. The molecule has 3 nitrogen and oxygen atoms in total. The van der Waals surface area contributed by atoms with Gasteiger partial charge in [0.15, 0.2) is 11.6 Å². The number of carbonyl (C=O) groups excluding carboxylic acids is 2. The van der Waals surface area contributed by atoms with Crippen LogP contribution in [0.15, 0.2) is 22.2 Å². The summed E-state index contributed by atoms with van der Waals surface area (Å²) >= 11 is 1.43. The van der Waals surface area contributed by atoms with Gasteiger partial charge in [0.2, 0.25) is 0 Å². The third-order valence-electron chi connectivity index (χ3n) is 2.25. The minimum absolute atomic E-state index is 0.133. The van der Waals surface area contributed by atoms with Gasteiger partial charge in [0.05, 0.1) is 10.6 Å². The lowest BCUT2D eigenvalue weighted by molar-refractivity contribution is -0.119. The number of carbonyl (C=O) groups is 2. The highest BCUT2D eigenvalue weighted by molar-refractivity contribution is 8.06. The molecule has 0 unspecified atom stereocenters. The van der Waals surface area contributed by atoms with Gasteiger partial charge in [0.1, 0.15) is 0 Å². The van der Waals surface area contributed by atoms with E-state index >= 15 is 0 Å². The molecule has 0 aromatic heterocycles. The maximum absolute atomic E-state index is 11.5. The van der Waals surface area contributed by atoms with Crippen LogP contribution in [0.2, 0.25) is 0 Å². The summed E-state index contributed by atoms with van der Waals surface area (Å²) in [5.74, 6) is -0.346. The predicted octanol–water partition coefficient (Wildman–Crippen LogP) is 2.69. The second-order valence-electron chi connectivity index (χ2n) is 4.74. The molecular weight excluding hydrogens is 222 g/mol. The molecule has 0 saturated carbocycles. The summed E-state index contributed by atoms with van der Waals surface area (Å²) in [5.41, 5.74) is 0.163. The maximum atomic E-state index is 11.5. The van der Waals surface area contributed by atoms with Gasteiger partial charge in [0, 0.05) is 11.7 Å². The van der Waals surface area contributed by atoms with Crippen molar-refractivity contribution < 1.29 is 9.59 Å². The van der Waals surface area contributed by atoms with Gasteiger partial charge in [-0.2, -0.15) is 0 Å². The van der Waals surface area contributed by atoms with Crippen LogP contribution < -0.4 is 0 Å². The summed E-state index contributed by atoms with van der Waals surface area (Å²) in [4.78, 5) is 25.0. The molecule has 0 aromatic carbocycles. The van der Waals surface area contributed by atoms with Crippen molar-refractivity contribution in [3.05, 3.63) is 22.2 Å². The monoisotopic (exact) mass is 239 g/mol. The van der Waals surface area contributed by atoms with Gasteiger partial charge in [-0.15, -0.1) is 0 Å². The fourth-order valence-corrected chi connectivity index (χ4v) is 2.70. The number of allylic oxidation sites excluding steroid dienone is 1. The van der Waals surface area contributed by atoms with Crippen molar-refractivity contribution >= 4 is 23.3 Å². The zero-order valence-corrected chi connectivity index (χ0v) is 11.1. The Morgan fingerprint density at radius 1 is 1.19 bits per heavy atom. The van der Waals surface area contributed by atoms with E-state index in [1.165, 1.54) is 25.6 Å². The summed E-state index contributed by atoms with van der Waals surface area (Å²) in [6, 6.07) is 0. The number of ketones is 2. The van der Waals surface area contributed by atoms with Crippen LogP contribution in [0, 0.1) is 0 Å². The average Bonchev–Trinajstić information content (AvgIpc) is 2.49. The van der Waals surface area contributed by atoms with Crippen molar-refractivity contribution in [2.75, 3.05) is 0 Å². The van der Waals surface area contributed by atoms with E-state index in [1.54, 1.807) is 0 Å². The fourth-order valence-electron chi connectivity index (χ4n) is 1.54. The second-order valence-corrected chi connectivity index (χ2v) is 5.63. The molecular formula is C12H17NO2S. The van der Waals surface area contributed by atoms with Crippen LogP contribution in [0.5, 0.6) is 0 Å². The Kier molecular flexibility index (Phi) is 3.63. The van der Waals surface area contributed by atoms with Crippen LogP contribution in [-0.2, 0) is 9.59 Å². The lowest BCUT2D eigenvalue weighted by Gasteiger charge is -2.33. The molecule has 1 aliphatic rings. The average molecular weight is 239 g/mol. The maximum Gasteiger partial charge on any atom is 0.166 e. The third kappa shape index (κ3) is 2.55. The molecule has 0 N–H and O–H groups in total. The highest BCUT2D eigenvalue weighted by Gasteiger charge is 2.30. The fraction of sp³-hybridized carbons (Fsp3) is 0.500. The summed E-state index contributed by atoms with van der Waals surface area (Å²) < 4.78 is 0. The number of rotatable bonds is 2. The first kappa shape index (κ1) is 13.0. The summed E-state index contributed by atoms with van der Waals surface area (Å²) in [6.07, 6.45) is 1.91. The smallest absolute Gasteiger partial charge is 0.166 e. The molecule has 0 atom stereocenters. The van der Waals surface area contributed by atoms with Crippen molar-refractivity contribution in [2.45, 2.75) is 40.2 Å². The zero-order valence-electron chi connectivity index (χ0n) is 10.3. The van der Waals surface area contributed by atoms with Crippen LogP contribution in [0.3, 0.4) is 0 Å². The van der Waals surface area contributed by atoms with Crippen molar-refractivity contribution in [3.8, 4) is 0 Å². The molecule has 0 aliphatic carbocycles. The molecule has 4 heteroatoms. The van der Waals surface area contributed by atoms with Gasteiger partial charge in [-0.1, -0.05) is 11.8 Å². The second kappa shape index (κ2) is 4.45. The highest BCUT2D eigenvalue weighted by Crippen LogP contribution is 2.37. The van der Waals surface area contributed by atoms with Crippen molar-refractivity contribution in [1.82, 2.24) is 4.90 Å². The van der Waals surface area contributed by atoms with Gasteiger partial charge >= 0.3 is 0 Å². The molecule has 16 heavy (non-hydrogen) atoms. The first-order valence-electron chi connectivity index (χ1n) is 5.14. The molecule has 0 fully saturated rings. The molecule has 0 saturated heterocycles. The lowest BCUT2D eigenvalue weighted by atomic mass is 10.0. The minimum atomic E-state index is -0.173. The van der Waals surface area contributed by atoms with E-state index in [-0.39, 0.29) is 17.1 Å². The lowest BCUT2D eigenvalue weighted by Crippen LogP contribution is -2.35. The Bertz CT molecular complexity index is 372. The minimum Gasteiger partial charge on any atom is -0.336 e. The summed E-state index contributed by atoms with van der Waals surface area (Å²) in [5, 5.41) is 2.64. The van der Waals surface area contributed by atoms with Crippen molar-refractivity contribution in [2.24, 2.45) is 0 Å². The van der Waals surface area contributed by atoms with Crippen LogP contribution in [0.4, 0.5) is 0 Å². The third-order valence-corrected chi connectivity index (χ3v) is 3.13. The van der Waals surface area contributed by atoms with Crippen LogP contribution in [0.1, 0.15) is 34.6 Å². The molecule has 0 spiro atoms. The van der Waals surface area contributed by atoms with Gasteiger partial charge in [-0.25, -0.2) is 0 Å². The molecule has 1 aliphatic heterocycles.